The van der Waals surface area contributed by atoms with Crippen LogP contribution in [0, 0.1) is 0 Å². The molecule has 2 rings (SSSR count). The Balaban J connectivity index is 2.01. The molecule has 2 N–H and O–H groups in total. The van der Waals surface area contributed by atoms with Gasteiger partial charge in [0.25, 0.3) is 0 Å². The molecule has 0 aromatic carbocycles. The number of nitrogens with one attached hydrogen (secondary N) is 2. The first kappa shape index (κ1) is 12.8. The van der Waals surface area contributed by atoms with Crippen molar-refractivity contribution in [3.05, 3.63) is 0 Å². The van der Waals surface area contributed by atoms with E-state index in [9.17, 15) is 4.79 Å². The van der Waals surface area contributed by atoms with Gasteiger partial charge in [-0.2, -0.15) is 0 Å². The molecule has 2 saturated heterocycles. The lowest BCUT2D eigenvalue weighted by molar-refractivity contribution is -0.120. The van der Waals surface area contributed by atoms with Crippen LogP contribution in [0.3, 0.4) is 0 Å². The van der Waals surface area contributed by atoms with E-state index in [1.54, 1.807) is 6.92 Å². The number of hydrogen-bond donors (Lipinski definition) is 2. The third-order valence-electron chi connectivity index (χ3n) is 3.88. The molecule has 0 aromatic heterocycles. The zero-order chi connectivity index (χ0) is 12.1. The first-order valence-electron chi connectivity index (χ1n) is 6.51. The lowest BCUT2D eigenvalue weighted by Crippen LogP contribution is -2.62. The molecule has 2 aliphatic rings. The highest BCUT2D eigenvalue weighted by molar-refractivity contribution is 5.72. The summed E-state index contributed by atoms with van der Waals surface area (Å²) in [6, 6.07) is 0. The monoisotopic (exact) mass is 241 g/mol. The van der Waals surface area contributed by atoms with E-state index in [0.717, 1.165) is 58.8 Å². The summed E-state index contributed by atoms with van der Waals surface area (Å²) in [6.45, 7) is 8.04. The van der Waals surface area contributed by atoms with Crippen LogP contribution in [0.15, 0.2) is 0 Å². The maximum absolute atomic E-state index is 11.1. The van der Waals surface area contributed by atoms with Gasteiger partial charge in [0.05, 0.1) is 13.2 Å². The van der Waals surface area contributed by atoms with Crippen molar-refractivity contribution in [3.63, 3.8) is 0 Å². The zero-order valence-electron chi connectivity index (χ0n) is 10.6. The molecule has 2 fully saturated rings. The summed E-state index contributed by atoms with van der Waals surface area (Å²) in [4.78, 5) is 13.6. The van der Waals surface area contributed by atoms with E-state index in [4.69, 9.17) is 4.74 Å². The summed E-state index contributed by atoms with van der Waals surface area (Å²) in [6.07, 6.45) is 2.21. The minimum absolute atomic E-state index is 0.0659. The molecule has 0 saturated carbocycles. The predicted molar refractivity (Wildman–Crippen MR) is 65.9 cm³/mol. The fourth-order valence-electron chi connectivity index (χ4n) is 2.82. The molecule has 2 heterocycles. The number of hydrogen-bond acceptors (Lipinski definition) is 4. The van der Waals surface area contributed by atoms with Crippen molar-refractivity contribution in [1.82, 2.24) is 15.5 Å². The molecule has 0 atom stereocenters. The fourth-order valence-corrected chi connectivity index (χ4v) is 2.82. The predicted octanol–water partition coefficient (Wildman–Crippen LogP) is -0.423. The lowest BCUT2D eigenvalue weighted by Gasteiger charge is -2.48. The highest BCUT2D eigenvalue weighted by Crippen LogP contribution is 2.26. The Morgan fingerprint density at radius 2 is 2.00 bits per heavy atom. The average molecular weight is 241 g/mol. The number of morpholine rings is 1. The van der Waals surface area contributed by atoms with Crippen LogP contribution in [-0.2, 0) is 9.53 Å². The number of piperidine rings is 1. The van der Waals surface area contributed by atoms with Crippen LogP contribution in [0.2, 0.25) is 0 Å². The molecule has 5 nitrogen and oxygen atoms in total. The van der Waals surface area contributed by atoms with Crippen molar-refractivity contribution in [2.75, 3.05) is 45.9 Å². The Bertz CT molecular complexity index is 258. The van der Waals surface area contributed by atoms with Crippen LogP contribution in [0.1, 0.15) is 19.8 Å². The minimum Gasteiger partial charge on any atom is -0.379 e. The van der Waals surface area contributed by atoms with Crippen molar-refractivity contribution in [2.45, 2.75) is 25.3 Å². The number of amides is 1. The maximum Gasteiger partial charge on any atom is 0.216 e. The number of nitrogens with zero attached hydrogens (tertiary/aromatic N) is 1. The third kappa shape index (κ3) is 3.18. The molecule has 17 heavy (non-hydrogen) atoms. The van der Waals surface area contributed by atoms with Crippen LogP contribution in [-0.4, -0.2) is 62.3 Å². The Kier molecular flexibility index (Phi) is 4.36. The van der Waals surface area contributed by atoms with E-state index < -0.39 is 0 Å². The Labute approximate surface area is 103 Å². The van der Waals surface area contributed by atoms with Gasteiger partial charge in [0.15, 0.2) is 0 Å². The van der Waals surface area contributed by atoms with E-state index in [0.29, 0.717) is 0 Å². The van der Waals surface area contributed by atoms with Crippen molar-refractivity contribution in [1.29, 1.82) is 0 Å². The van der Waals surface area contributed by atoms with Crippen LogP contribution in [0.5, 0.6) is 0 Å². The van der Waals surface area contributed by atoms with Gasteiger partial charge in [-0.15, -0.1) is 0 Å². The molecular weight excluding hydrogens is 218 g/mol. The molecule has 0 aliphatic carbocycles. The van der Waals surface area contributed by atoms with E-state index in [1.165, 1.54) is 0 Å². The quantitative estimate of drug-likeness (QED) is 0.704. The second-order valence-electron chi connectivity index (χ2n) is 4.98. The summed E-state index contributed by atoms with van der Waals surface area (Å²) >= 11 is 0. The number of ether oxygens (including phenoxy) is 1. The molecule has 0 bridgehead atoms. The van der Waals surface area contributed by atoms with E-state index in [2.05, 4.69) is 15.5 Å². The normalized spacial score (nSPS) is 25.5. The van der Waals surface area contributed by atoms with Gasteiger partial charge in [-0.25, -0.2) is 0 Å². The van der Waals surface area contributed by atoms with Crippen LogP contribution in [0.4, 0.5) is 0 Å². The second kappa shape index (κ2) is 5.80. The maximum atomic E-state index is 11.1. The molecule has 98 valence electrons. The van der Waals surface area contributed by atoms with Gasteiger partial charge in [-0.1, -0.05) is 0 Å². The highest BCUT2D eigenvalue weighted by Gasteiger charge is 2.38. The van der Waals surface area contributed by atoms with Gasteiger partial charge in [0, 0.05) is 32.1 Å². The van der Waals surface area contributed by atoms with Crippen LogP contribution < -0.4 is 10.6 Å². The average Bonchev–Trinajstić information content (AvgIpc) is 2.39. The largest absolute Gasteiger partial charge is 0.379 e. The van der Waals surface area contributed by atoms with Crippen molar-refractivity contribution < 1.29 is 9.53 Å². The van der Waals surface area contributed by atoms with Crippen molar-refractivity contribution in [3.8, 4) is 0 Å². The van der Waals surface area contributed by atoms with Gasteiger partial charge in [-0.05, 0) is 25.9 Å². The van der Waals surface area contributed by atoms with Gasteiger partial charge >= 0.3 is 0 Å². The summed E-state index contributed by atoms with van der Waals surface area (Å²) in [5, 5.41) is 6.40. The van der Waals surface area contributed by atoms with E-state index >= 15 is 0 Å². The smallest absolute Gasteiger partial charge is 0.216 e. The van der Waals surface area contributed by atoms with Gasteiger partial charge in [-0.3, -0.25) is 9.69 Å². The molecule has 2 aliphatic heterocycles. The standard InChI is InChI=1S/C12H23N3O2/c1-11(16)14-10-12(2-4-13-5-3-12)15-6-8-17-9-7-15/h13H,2-10H2,1H3,(H,14,16). The molecule has 1 amide bonds. The minimum atomic E-state index is 0.0659. The van der Waals surface area contributed by atoms with Crippen molar-refractivity contribution >= 4 is 5.91 Å². The van der Waals surface area contributed by atoms with Crippen LogP contribution >= 0.6 is 0 Å². The topological polar surface area (TPSA) is 53.6 Å². The lowest BCUT2D eigenvalue weighted by atomic mass is 9.85. The first-order chi connectivity index (χ1) is 8.23. The summed E-state index contributed by atoms with van der Waals surface area (Å²) in [5.41, 5.74) is 0.140. The molecule has 0 radical (unpaired) electrons. The molecular formula is C12H23N3O2. The third-order valence-corrected chi connectivity index (χ3v) is 3.88. The fraction of sp³-hybridized carbons (Fsp3) is 0.917. The Morgan fingerprint density at radius 3 is 2.59 bits per heavy atom. The number of carbonyl (C=O) groups excluding carboxylic acids is 1. The van der Waals surface area contributed by atoms with Crippen LogP contribution in [0.25, 0.3) is 0 Å². The Morgan fingerprint density at radius 1 is 1.35 bits per heavy atom. The molecule has 5 heteroatoms. The summed E-state index contributed by atoms with van der Waals surface area (Å²) in [7, 11) is 0. The first-order valence-corrected chi connectivity index (χ1v) is 6.51. The second-order valence-corrected chi connectivity index (χ2v) is 4.98. The zero-order valence-corrected chi connectivity index (χ0v) is 10.6. The van der Waals surface area contributed by atoms with Gasteiger partial charge < -0.3 is 15.4 Å². The molecule has 0 aromatic rings. The number of rotatable bonds is 3. The highest BCUT2D eigenvalue weighted by atomic mass is 16.5. The molecule has 0 spiro atoms. The number of carbonyl (C=O) groups is 1. The SMILES string of the molecule is CC(=O)NCC1(N2CCOCC2)CCNCC1. The van der Waals surface area contributed by atoms with E-state index in [1.807, 2.05) is 0 Å². The van der Waals surface area contributed by atoms with E-state index in [-0.39, 0.29) is 11.4 Å². The Hall–Kier alpha value is -0.650. The van der Waals surface area contributed by atoms with Gasteiger partial charge in [0.1, 0.15) is 0 Å². The van der Waals surface area contributed by atoms with Crippen molar-refractivity contribution in [2.24, 2.45) is 0 Å². The summed E-state index contributed by atoms with van der Waals surface area (Å²) in [5.74, 6) is 0.0659. The summed E-state index contributed by atoms with van der Waals surface area (Å²) < 4.78 is 5.42. The molecule has 0 unspecified atom stereocenters. The van der Waals surface area contributed by atoms with Gasteiger partial charge in [0.2, 0.25) is 5.91 Å².